The number of carbonyl (C=O) groups is 3. The highest BCUT2D eigenvalue weighted by atomic mass is 35.5. The van der Waals surface area contributed by atoms with E-state index in [1.807, 2.05) is 4.90 Å². The number of fused-ring (bicyclic) bond motifs is 2. The van der Waals surface area contributed by atoms with Crippen molar-refractivity contribution in [2.75, 3.05) is 26.2 Å². The van der Waals surface area contributed by atoms with E-state index >= 15 is 0 Å². The Balaban J connectivity index is 0.00000192. The van der Waals surface area contributed by atoms with Gasteiger partial charge in [0.25, 0.3) is 17.7 Å². The summed E-state index contributed by atoms with van der Waals surface area (Å²) < 4.78 is 0. The molecule has 3 heterocycles. The maximum absolute atomic E-state index is 12.9. The fourth-order valence-electron chi connectivity index (χ4n) is 5.27. The van der Waals surface area contributed by atoms with E-state index in [0.717, 1.165) is 51.9 Å². The molecule has 0 aromatic heterocycles. The number of amides is 3. The molecule has 0 spiro atoms. The van der Waals surface area contributed by atoms with Crippen molar-refractivity contribution in [2.45, 2.75) is 38.1 Å². The second kappa shape index (κ2) is 7.48. The summed E-state index contributed by atoms with van der Waals surface area (Å²) in [5, 5.41) is 3.38. The monoisotopic (exact) mass is 403 g/mol. The summed E-state index contributed by atoms with van der Waals surface area (Å²) in [7, 11) is 0. The van der Waals surface area contributed by atoms with Crippen LogP contribution in [0.25, 0.3) is 0 Å². The van der Waals surface area contributed by atoms with Crippen LogP contribution in [0.5, 0.6) is 0 Å². The first kappa shape index (κ1) is 19.4. The van der Waals surface area contributed by atoms with E-state index in [9.17, 15) is 14.4 Å². The summed E-state index contributed by atoms with van der Waals surface area (Å²) in [5.41, 5.74) is 1.37. The van der Waals surface area contributed by atoms with Crippen molar-refractivity contribution in [3.8, 4) is 0 Å². The molecule has 1 N–H and O–H groups in total. The van der Waals surface area contributed by atoms with Gasteiger partial charge in [-0.1, -0.05) is 19.3 Å². The fraction of sp³-hybridized carbons (Fsp3) is 0.571. The lowest BCUT2D eigenvalue weighted by atomic mass is 9.94. The summed E-state index contributed by atoms with van der Waals surface area (Å²) in [6.07, 6.45) is 5.08. The van der Waals surface area contributed by atoms with E-state index < -0.39 is 0 Å². The number of hydrogen-bond acceptors (Lipinski definition) is 4. The number of imide groups is 1. The van der Waals surface area contributed by atoms with Gasteiger partial charge in [0, 0.05) is 37.8 Å². The van der Waals surface area contributed by atoms with Gasteiger partial charge in [-0.25, -0.2) is 0 Å². The highest BCUT2D eigenvalue weighted by Gasteiger charge is 2.42. The maximum Gasteiger partial charge on any atom is 0.261 e. The quantitative estimate of drug-likeness (QED) is 0.769. The van der Waals surface area contributed by atoms with E-state index in [2.05, 4.69) is 5.32 Å². The lowest BCUT2D eigenvalue weighted by Crippen LogP contribution is -2.40. The van der Waals surface area contributed by atoms with Crippen molar-refractivity contribution in [1.82, 2.24) is 15.1 Å². The molecule has 5 rings (SSSR count). The molecule has 3 amide bonds. The molecule has 3 aliphatic heterocycles. The van der Waals surface area contributed by atoms with Gasteiger partial charge in [-0.3, -0.25) is 19.3 Å². The van der Waals surface area contributed by atoms with Gasteiger partial charge < -0.3 is 10.2 Å². The minimum Gasteiger partial charge on any atom is -0.338 e. The molecule has 28 heavy (non-hydrogen) atoms. The molecule has 0 radical (unpaired) electrons. The number of nitrogens with one attached hydrogen (secondary N) is 1. The predicted octanol–water partition coefficient (Wildman–Crippen LogP) is 2.33. The lowest BCUT2D eigenvalue weighted by Gasteiger charge is -2.29. The highest BCUT2D eigenvalue weighted by molar-refractivity contribution is 6.22. The van der Waals surface area contributed by atoms with Gasteiger partial charge in [0.15, 0.2) is 0 Å². The van der Waals surface area contributed by atoms with Crippen LogP contribution in [0.15, 0.2) is 18.2 Å². The van der Waals surface area contributed by atoms with Crippen LogP contribution >= 0.6 is 12.4 Å². The Kier molecular flexibility index (Phi) is 5.19. The van der Waals surface area contributed by atoms with E-state index in [1.165, 1.54) is 11.3 Å². The molecule has 4 aliphatic rings. The topological polar surface area (TPSA) is 69.7 Å². The number of rotatable bonds is 2. The Hall–Kier alpha value is -1.92. The molecule has 150 valence electrons. The Morgan fingerprint density at radius 3 is 2.25 bits per heavy atom. The fourth-order valence-corrected chi connectivity index (χ4v) is 5.27. The second-order valence-corrected chi connectivity index (χ2v) is 8.42. The number of nitrogens with zero attached hydrogens (tertiary/aromatic N) is 2. The lowest BCUT2D eigenvalue weighted by molar-refractivity contribution is 0.0548. The number of likely N-dealkylation sites (tertiary alicyclic amines) is 1. The SMILES string of the molecule is Cl.O=C(c1ccc2c(c1)C(=O)N(C1CCCCC1)C2=O)N1C[C@H]2CNC[C@H]2C1. The Morgan fingerprint density at radius 2 is 1.57 bits per heavy atom. The van der Waals surface area contributed by atoms with E-state index in [4.69, 9.17) is 0 Å². The number of halogens is 1. The van der Waals surface area contributed by atoms with Crippen molar-refractivity contribution < 1.29 is 14.4 Å². The summed E-state index contributed by atoms with van der Waals surface area (Å²) >= 11 is 0. The van der Waals surface area contributed by atoms with Crippen LogP contribution in [-0.2, 0) is 0 Å². The first-order chi connectivity index (χ1) is 13.1. The normalized spacial score (nSPS) is 27.0. The third-order valence-corrected chi connectivity index (χ3v) is 6.78. The van der Waals surface area contributed by atoms with Gasteiger partial charge in [0.1, 0.15) is 0 Å². The maximum atomic E-state index is 12.9. The van der Waals surface area contributed by atoms with Gasteiger partial charge in [-0.2, -0.15) is 0 Å². The zero-order chi connectivity index (χ0) is 18.5. The molecule has 2 saturated heterocycles. The smallest absolute Gasteiger partial charge is 0.261 e. The molecular weight excluding hydrogens is 378 g/mol. The predicted molar refractivity (Wildman–Crippen MR) is 107 cm³/mol. The van der Waals surface area contributed by atoms with Gasteiger partial charge >= 0.3 is 0 Å². The Morgan fingerprint density at radius 1 is 0.929 bits per heavy atom. The van der Waals surface area contributed by atoms with Gasteiger partial charge in [0.2, 0.25) is 0 Å². The van der Waals surface area contributed by atoms with Crippen molar-refractivity contribution in [3.05, 3.63) is 34.9 Å². The van der Waals surface area contributed by atoms with Crippen molar-refractivity contribution in [2.24, 2.45) is 11.8 Å². The van der Waals surface area contributed by atoms with Crippen LogP contribution in [-0.4, -0.2) is 59.7 Å². The zero-order valence-electron chi connectivity index (χ0n) is 15.9. The summed E-state index contributed by atoms with van der Waals surface area (Å²) in [6, 6.07) is 5.04. The van der Waals surface area contributed by atoms with Crippen LogP contribution in [0.1, 0.15) is 63.2 Å². The van der Waals surface area contributed by atoms with Crippen molar-refractivity contribution in [1.29, 1.82) is 0 Å². The number of carbonyl (C=O) groups excluding carboxylic acids is 3. The van der Waals surface area contributed by atoms with Crippen LogP contribution in [0, 0.1) is 11.8 Å². The molecule has 1 aliphatic carbocycles. The van der Waals surface area contributed by atoms with Crippen LogP contribution in [0.4, 0.5) is 0 Å². The van der Waals surface area contributed by atoms with Crippen LogP contribution in [0.3, 0.4) is 0 Å². The van der Waals surface area contributed by atoms with E-state index in [-0.39, 0.29) is 36.2 Å². The minimum atomic E-state index is -0.223. The van der Waals surface area contributed by atoms with Crippen LogP contribution in [0.2, 0.25) is 0 Å². The molecule has 3 fully saturated rings. The second-order valence-electron chi connectivity index (χ2n) is 8.42. The summed E-state index contributed by atoms with van der Waals surface area (Å²) in [6.45, 7) is 3.49. The van der Waals surface area contributed by atoms with Gasteiger partial charge in [0.05, 0.1) is 11.1 Å². The number of benzene rings is 1. The molecule has 7 heteroatoms. The van der Waals surface area contributed by atoms with Crippen molar-refractivity contribution >= 4 is 30.1 Å². The molecular formula is C21H26ClN3O3. The first-order valence-corrected chi connectivity index (χ1v) is 10.2. The molecule has 0 bridgehead atoms. The molecule has 1 aromatic carbocycles. The zero-order valence-corrected chi connectivity index (χ0v) is 16.7. The van der Waals surface area contributed by atoms with Crippen molar-refractivity contribution in [3.63, 3.8) is 0 Å². The molecule has 1 aromatic rings. The van der Waals surface area contributed by atoms with E-state index in [1.54, 1.807) is 18.2 Å². The first-order valence-electron chi connectivity index (χ1n) is 10.2. The van der Waals surface area contributed by atoms with Crippen LogP contribution < -0.4 is 5.32 Å². The Bertz CT molecular complexity index is 809. The standard InChI is InChI=1S/C21H25N3O3.ClH/c25-19(23-11-14-9-22-10-15(14)12-23)13-6-7-17-18(8-13)21(27)24(20(17)26)16-4-2-1-3-5-16;/h6-8,14-16,22H,1-5,9-12H2;1H/t14-,15+;. The molecule has 0 unspecified atom stereocenters. The summed E-state index contributed by atoms with van der Waals surface area (Å²) in [4.78, 5) is 42.0. The number of hydrogen-bond donors (Lipinski definition) is 1. The molecule has 6 nitrogen and oxygen atoms in total. The average molecular weight is 404 g/mol. The van der Waals surface area contributed by atoms with Gasteiger partial charge in [-0.05, 0) is 42.9 Å². The molecule has 2 atom stereocenters. The highest BCUT2D eigenvalue weighted by Crippen LogP contribution is 2.32. The third kappa shape index (κ3) is 3.03. The minimum absolute atomic E-state index is 0. The molecule has 1 saturated carbocycles. The van der Waals surface area contributed by atoms with Gasteiger partial charge in [-0.15, -0.1) is 12.4 Å². The average Bonchev–Trinajstić information content (AvgIpc) is 3.35. The Labute approximate surface area is 171 Å². The largest absolute Gasteiger partial charge is 0.338 e. The third-order valence-electron chi connectivity index (χ3n) is 6.78. The summed E-state index contributed by atoms with van der Waals surface area (Å²) in [5.74, 6) is 0.632. The van der Waals surface area contributed by atoms with E-state index in [0.29, 0.717) is 28.5 Å².